The summed E-state index contributed by atoms with van der Waals surface area (Å²) >= 11 is 0. The van der Waals surface area contributed by atoms with Crippen molar-refractivity contribution in [3.63, 3.8) is 0 Å². The normalized spacial score (nSPS) is 12.1. The Kier molecular flexibility index (Phi) is 4.30. The van der Waals surface area contributed by atoms with Gasteiger partial charge in [0.1, 0.15) is 0 Å². The predicted octanol–water partition coefficient (Wildman–Crippen LogP) is 2.12. The maximum Gasteiger partial charge on any atom is 0.0271 e. The van der Waals surface area contributed by atoms with Crippen LogP contribution in [0, 0.1) is 0 Å². The SMILES string of the molecule is CN(C)C(C)(C)CNCc1ccccc1. The molecule has 0 saturated heterocycles. The molecule has 84 valence electrons. The van der Waals surface area contributed by atoms with Crippen LogP contribution < -0.4 is 5.32 Å². The average molecular weight is 206 g/mol. The number of hydrogen-bond acceptors (Lipinski definition) is 2. The monoisotopic (exact) mass is 206 g/mol. The molecule has 0 spiro atoms. The fourth-order valence-electron chi connectivity index (χ4n) is 1.27. The van der Waals surface area contributed by atoms with E-state index in [4.69, 9.17) is 0 Å². The topological polar surface area (TPSA) is 15.3 Å². The van der Waals surface area contributed by atoms with E-state index in [-0.39, 0.29) is 5.54 Å². The lowest BCUT2D eigenvalue weighted by Gasteiger charge is -2.32. The van der Waals surface area contributed by atoms with Crippen LogP contribution in [0.15, 0.2) is 30.3 Å². The van der Waals surface area contributed by atoms with Crippen LogP contribution in [0.1, 0.15) is 19.4 Å². The second-order valence-corrected chi connectivity index (χ2v) is 4.80. The lowest BCUT2D eigenvalue weighted by molar-refractivity contribution is 0.190. The van der Waals surface area contributed by atoms with Gasteiger partial charge >= 0.3 is 0 Å². The first-order valence-corrected chi connectivity index (χ1v) is 5.44. The van der Waals surface area contributed by atoms with Crippen molar-refractivity contribution in [3.8, 4) is 0 Å². The van der Waals surface area contributed by atoms with E-state index in [9.17, 15) is 0 Å². The lowest BCUT2D eigenvalue weighted by atomic mass is 10.0. The van der Waals surface area contributed by atoms with Gasteiger partial charge in [0, 0.05) is 18.6 Å². The Morgan fingerprint density at radius 3 is 2.27 bits per heavy atom. The smallest absolute Gasteiger partial charge is 0.0271 e. The van der Waals surface area contributed by atoms with E-state index in [1.54, 1.807) is 0 Å². The van der Waals surface area contributed by atoms with E-state index in [0.29, 0.717) is 0 Å². The van der Waals surface area contributed by atoms with Gasteiger partial charge in [0.15, 0.2) is 0 Å². The third-order valence-corrected chi connectivity index (χ3v) is 2.94. The van der Waals surface area contributed by atoms with Crippen LogP contribution in [0.3, 0.4) is 0 Å². The Morgan fingerprint density at radius 1 is 1.13 bits per heavy atom. The van der Waals surface area contributed by atoms with Gasteiger partial charge in [-0.3, -0.25) is 0 Å². The number of hydrogen-bond donors (Lipinski definition) is 1. The summed E-state index contributed by atoms with van der Waals surface area (Å²) in [5.41, 5.74) is 1.54. The van der Waals surface area contributed by atoms with Crippen molar-refractivity contribution in [2.24, 2.45) is 0 Å². The first kappa shape index (κ1) is 12.2. The Bertz CT molecular complexity index is 278. The molecule has 0 fully saturated rings. The van der Waals surface area contributed by atoms with Gasteiger partial charge in [0.2, 0.25) is 0 Å². The second-order valence-electron chi connectivity index (χ2n) is 4.80. The molecule has 2 nitrogen and oxygen atoms in total. The van der Waals surface area contributed by atoms with Crippen molar-refractivity contribution in [2.75, 3.05) is 20.6 Å². The van der Waals surface area contributed by atoms with Crippen molar-refractivity contribution in [2.45, 2.75) is 25.9 Å². The highest BCUT2D eigenvalue weighted by Gasteiger charge is 2.19. The molecule has 0 aliphatic carbocycles. The van der Waals surface area contributed by atoms with Gasteiger partial charge in [-0.25, -0.2) is 0 Å². The maximum atomic E-state index is 3.48. The minimum absolute atomic E-state index is 0.203. The average Bonchev–Trinajstić information content (AvgIpc) is 2.19. The van der Waals surface area contributed by atoms with E-state index < -0.39 is 0 Å². The molecule has 2 heteroatoms. The Balaban J connectivity index is 2.34. The molecule has 0 aliphatic rings. The minimum Gasteiger partial charge on any atom is -0.311 e. The van der Waals surface area contributed by atoms with Crippen LogP contribution in [0.2, 0.25) is 0 Å². The summed E-state index contributed by atoms with van der Waals surface area (Å²) in [5, 5.41) is 3.48. The summed E-state index contributed by atoms with van der Waals surface area (Å²) in [7, 11) is 4.23. The minimum atomic E-state index is 0.203. The van der Waals surface area contributed by atoms with Gasteiger partial charge < -0.3 is 10.2 Å². The van der Waals surface area contributed by atoms with Gasteiger partial charge in [0.25, 0.3) is 0 Å². The molecule has 0 aliphatic heterocycles. The van der Waals surface area contributed by atoms with E-state index in [1.165, 1.54) is 5.56 Å². The molecule has 0 saturated carbocycles. The molecule has 1 aromatic carbocycles. The van der Waals surface area contributed by atoms with Crippen LogP contribution >= 0.6 is 0 Å². The number of nitrogens with zero attached hydrogens (tertiary/aromatic N) is 1. The molecule has 1 N–H and O–H groups in total. The van der Waals surface area contributed by atoms with Crippen molar-refractivity contribution in [1.82, 2.24) is 10.2 Å². The summed E-state index contributed by atoms with van der Waals surface area (Å²) in [6.07, 6.45) is 0. The highest BCUT2D eigenvalue weighted by molar-refractivity contribution is 5.14. The lowest BCUT2D eigenvalue weighted by Crippen LogP contribution is -2.46. The van der Waals surface area contributed by atoms with Crippen molar-refractivity contribution in [3.05, 3.63) is 35.9 Å². The maximum absolute atomic E-state index is 3.48. The summed E-state index contributed by atoms with van der Waals surface area (Å²) < 4.78 is 0. The summed E-state index contributed by atoms with van der Waals surface area (Å²) in [6, 6.07) is 10.5. The first-order chi connectivity index (χ1) is 7.02. The van der Waals surface area contributed by atoms with Crippen LogP contribution in [0.5, 0.6) is 0 Å². The zero-order valence-corrected chi connectivity index (χ0v) is 10.2. The molecule has 15 heavy (non-hydrogen) atoms. The molecule has 0 bridgehead atoms. The fourth-order valence-corrected chi connectivity index (χ4v) is 1.27. The van der Waals surface area contributed by atoms with Crippen molar-refractivity contribution in [1.29, 1.82) is 0 Å². The van der Waals surface area contributed by atoms with E-state index in [2.05, 4.69) is 62.4 Å². The molecule has 1 rings (SSSR count). The van der Waals surface area contributed by atoms with Crippen LogP contribution in [0.25, 0.3) is 0 Å². The van der Waals surface area contributed by atoms with Gasteiger partial charge in [-0.05, 0) is 33.5 Å². The standard InChI is InChI=1S/C13H22N2/c1-13(2,15(3)4)11-14-10-12-8-6-5-7-9-12/h5-9,14H,10-11H2,1-4H3. The molecule has 0 radical (unpaired) electrons. The number of likely N-dealkylation sites (N-methyl/N-ethyl adjacent to an activating group) is 1. The van der Waals surface area contributed by atoms with Crippen LogP contribution in [-0.2, 0) is 6.54 Å². The van der Waals surface area contributed by atoms with Crippen LogP contribution in [-0.4, -0.2) is 31.1 Å². The van der Waals surface area contributed by atoms with Gasteiger partial charge in [-0.15, -0.1) is 0 Å². The Morgan fingerprint density at radius 2 is 1.73 bits per heavy atom. The van der Waals surface area contributed by atoms with Crippen molar-refractivity contribution < 1.29 is 0 Å². The van der Waals surface area contributed by atoms with Gasteiger partial charge in [0.05, 0.1) is 0 Å². The number of benzene rings is 1. The highest BCUT2D eigenvalue weighted by Crippen LogP contribution is 2.08. The predicted molar refractivity (Wildman–Crippen MR) is 65.9 cm³/mol. The molecule has 0 amide bonds. The summed E-state index contributed by atoms with van der Waals surface area (Å²) in [5.74, 6) is 0. The third-order valence-electron chi connectivity index (χ3n) is 2.94. The summed E-state index contributed by atoms with van der Waals surface area (Å²) in [4.78, 5) is 2.24. The Hall–Kier alpha value is -0.860. The van der Waals surface area contributed by atoms with Crippen LogP contribution in [0.4, 0.5) is 0 Å². The molecule has 0 atom stereocenters. The summed E-state index contributed by atoms with van der Waals surface area (Å²) in [6.45, 7) is 6.42. The zero-order chi connectivity index (χ0) is 11.3. The number of rotatable bonds is 5. The third kappa shape index (κ3) is 4.02. The molecule has 1 aromatic rings. The molecule has 0 unspecified atom stereocenters. The first-order valence-electron chi connectivity index (χ1n) is 5.44. The van der Waals surface area contributed by atoms with Crippen molar-refractivity contribution >= 4 is 0 Å². The molecular formula is C13H22N2. The van der Waals surface area contributed by atoms with Gasteiger partial charge in [-0.2, -0.15) is 0 Å². The largest absolute Gasteiger partial charge is 0.311 e. The van der Waals surface area contributed by atoms with E-state index in [1.807, 2.05) is 6.07 Å². The molecule has 0 heterocycles. The Labute approximate surface area is 93.3 Å². The molecule has 0 aromatic heterocycles. The highest BCUT2D eigenvalue weighted by atomic mass is 15.2. The molecular weight excluding hydrogens is 184 g/mol. The quantitative estimate of drug-likeness (QED) is 0.794. The second kappa shape index (κ2) is 5.29. The number of nitrogens with one attached hydrogen (secondary N) is 1. The van der Waals surface area contributed by atoms with E-state index >= 15 is 0 Å². The zero-order valence-electron chi connectivity index (χ0n) is 10.2. The van der Waals surface area contributed by atoms with Gasteiger partial charge in [-0.1, -0.05) is 30.3 Å². The van der Waals surface area contributed by atoms with E-state index in [0.717, 1.165) is 13.1 Å². The fraction of sp³-hybridized carbons (Fsp3) is 0.538.